The first-order valence-electron chi connectivity index (χ1n) is 6.77. The minimum absolute atomic E-state index is 0.0941. The van der Waals surface area contributed by atoms with Gasteiger partial charge in [-0.15, -0.1) is 21.9 Å². The Bertz CT molecular complexity index is 438. The maximum absolute atomic E-state index is 12.2. The summed E-state index contributed by atoms with van der Waals surface area (Å²) in [4.78, 5) is 27.1. The summed E-state index contributed by atoms with van der Waals surface area (Å²) in [7, 11) is 0. The zero-order valence-corrected chi connectivity index (χ0v) is 12.2. The van der Waals surface area contributed by atoms with E-state index in [1.807, 2.05) is 6.92 Å². The Kier molecular flexibility index (Phi) is 4.20. The summed E-state index contributed by atoms with van der Waals surface area (Å²) in [6.07, 6.45) is -1.64. The number of nitrogens with one attached hydrogen (secondary N) is 2. The summed E-state index contributed by atoms with van der Waals surface area (Å²) in [5.41, 5.74) is 0. The largest absolute Gasteiger partial charge is 0.371 e. The van der Waals surface area contributed by atoms with Crippen LogP contribution in [0.4, 0.5) is 0 Å². The first-order valence-corrected chi connectivity index (χ1v) is 7.82. The van der Waals surface area contributed by atoms with Crippen molar-refractivity contribution in [1.29, 1.82) is 0 Å². The van der Waals surface area contributed by atoms with Crippen molar-refractivity contribution in [3.05, 3.63) is 10.1 Å². The second kappa shape index (κ2) is 5.95. The third-order valence-corrected chi connectivity index (χ3v) is 4.98. The molecule has 3 fully saturated rings. The highest BCUT2D eigenvalue weighted by molar-refractivity contribution is 8.00. The standard InChI is InChI=1S/C11H17N3O6S/c1-5-12-7(4-21-5)11(15)13-6-2-18-10-8(20-14(16)17)3-19-9(6)10/h5-10,12H,2-4H2,1H3,(H,13,15)/t5-,6-,7-,8-,9+,10+/m0/s1. The van der Waals surface area contributed by atoms with Gasteiger partial charge >= 0.3 is 0 Å². The Balaban J connectivity index is 1.54. The second-order valence-corrected chi connectivity index (χ2v) is 6.65. The molecule has 3 rings (SSSR count). The Morgan fingerprint density at radius 3 is 2.86 bits per heavy atom. The van der Waals surface area contributed by atoms with Crippen LogP contribution in [0.2, 0.25) is 0 Å². The zero-order valence-electron chi connectivity index (χ0n) is 11.4. The molecule has 10 heteroatoms. The minimum Gasteiger partial charge on any atom is -0.371 e. The van der Waals surface area contributed by atoms with Gasteiger partial charge in [-0.25, -0.2) is 0 Å². The van der Waals surface area contributed by atoms with Crippen LogP contribution in [-0.2, 0) is 19.1 Å². The van der Waals surface area contributed by atoms with E-state index in [-0.39, 0.29) is 36.6 Å². The van der Waals surface area contributed by atoms with Crippen molar-refractivity contribution in [3.8, 4) is 0 Å². The molecular formula is C11H17N3O6S. The molecule has 3 heterocycles. The minimum atomic E-state index is -0.841. The predicted molar refractivity (Wildman–Crippen MR) is 72.1 cm³/mol. The number of ether oxygens (including phenoxy) is 2. The number of carbonyl (C=O) groups excluding carboxylic acids is 1. The molecule has 3 saturated heterocycles. The van der Waals surface area contributed by atoms with E-state index >= 15 is 0 Å². The van der Waals surface area contributed by atoms with Crippen molar-refractivity contribution >= 4 is 17.7 Å². The van der Waals surface area contributed by atoms with Gasteiger partial charge in [-0.3, -0.25) is 10.1 Å². The van der Waals surface area contributed by atoms with Crippen molar-refractivity contribution in [2.75, 3.05) is 19.0 Å². The quantitative estimate of drug-likeness (QED) is 0.496. The average molecular weight is 319 g/mol. The van der Waals surface area contributed by atoms with Crippen LogP contribution in [0.15, 0.2) is 0 Å². The molecule has 118 valence electrons. The Hall–Kier alpha value is -1.10. The Morgan fingerprint density at radius 2 is 2.19 bits per heavy atom. The lowest BCUT2D eigenvalue weighted by atomic mass is 10.1. The number of fused-ring (bicyclic) bond motifs is 1. The zero-order chi connectivity index (χ0) is 15.0. The monoisotopic (exact) mass is 319 g/mol. The van der Waals surface area contributed by atoms with Crippen LogP contribution in [-0.4, -0.2) is 65.7 Å². The highest BCUT2D eigenvalue weighted by Gasteiger charge is 2.50. The van der Waals surface area contributed by atoms with E-state index in [1.165, 1.54) is 0 Å². The second-order valence-electron chi connectivity index (χ2n) is 5.27. The van der Waals surface area contributed by atoms with Gasteiger partial charge < -0.3 is 19.6 Å². The van der Waals surface area contributed by atoms with Crippen molar-refractivity contribution in [2.24, 2.45) is 0 Å². The lowest BCUT2D eigenvalue weighted by Gasteiger charge is -2.19. The molecule has 0 aromatic rings. The molecule has 3 aliphatic rings. The van der Waals surface area contributed by atoms with Crippen LogP contribution in [0, 0.1) is 10.1 Å². The lowest BCUT2D eigenvalue weighted by molar-refractivity contribution is -0.769. The molecule has 2 N–H and O–H groups in total. The first kappa shape index (κ1) is 14.8. The van der Waals surface area contributed by atoms with E-state index in [4.69, 9.17) is 9.47 Å². The molecule has 0 radical (unpaired) electrons. The summed E-state index contributed by atoms with van der Waals surface area (Å²) >= 11 is 1.69. The number of hydrogen-bond donors (Lipinski definition) is 2. The van der Waals surface area contributed by atoms with Gasteiger partial charge in [-0.2, -0.15) is 0 Å². The van der Waals surface area contributed by atoms with E-state index in [1.54, 1.807) is 11.8 Å². The number of rotatable bonds is 4. The SMILES string of the molecule is C[C@H]1N[C@H](C(=O)N[C@H]2CO[C@H]3[C@@H]2OC[C@@H]3O[N+](=O)[O-])CS1. The predicted octanol–water partition coefficient (Wildman–Crippen LogP) is -1.10. The highest BCUT2D eigenvalue weighted by atomic mass is 32.2. The molecule has 0 saturated carbocycles. The number of thioether (sulfide) groups is 1. The Labute approximate surface area is 125 Å². The number of carbonyl (C=O) groups is 1. The van der Waals surface area contributed by atoms with Crippen LogP contribution < -0.4 is 10.6 Å². The summed E-state index contributed by atoms with van der Waals surface area (Å²) in [6.45, 7) is 2.37. The van der Waals surface area contributed by atoms with Crippen molar-refractivity contribution in [3.63, 3.8) is 0 Å². The molecule has 9 nitrogen and oxygen atoms in total. The van der Waals surface area contributed by atoms with Gasteiger partial charge in [0.1, 0.15) is 12.2 Å². The van der Waals surface area contributed by atoms with Gasteiger partial charge in [-0.1, -0.05) is 0 Å². The van der Waals surface area contributed by atoms with Crippen LogP contribution in [0.1, 0.15) is 6.92 Å². The topological polar surface area (TPSA) is 112 Å². The van der Waals surface area contributed by atoms with Crippen LogP contribution in [0.5, 0.6) is 0 Å². The summed E-state index contributed by atoms with van der Waals surface area (Å²) in [6, 6.07) is -0.526. The molecule has 6 atom stereocenters. The molecule has 0 unspecified atom stereocenters. The molecule has 0 bridgehead atoms. The van der Waals surface area contributed by atoms with Crippen molar-refractivity contribution in [2.45, 2.75) is 42.7 Å². The maximum atomic E-state index is 12.2. The molecule has 0 spiro atoms. The van der Waals surface area contributed by atoms with E-state index in [0.717, 1.165) is 5.75 Å². The van der Waals surface area contributed by atoms with Crippen LogP contribution in [0.3, 0.4) is 0 Å². The van der Waals surface area contributed by atoms with E-state index in [2.05, 4.69) is 15.5 Å². The first-order chi connectivity index (χ1) is 10.0. The molecular weight excluding hydrogens is 302 g/mol. The summed E-state index contributed by atoms with van der Waals surface area (Å²) in [5.74, 6) is 0.631. The normalized spacial score (nSPS) is 41.8. The molecule has 1 amide bonds. The average Bonchev–Trinajstić information content (AvgIpc) is 3.09. The van der Waals surface area contributed by atoms with E-state index in [9.17, 15) is 14.9 Å². The fourth-order valence-corrected chi connectivity index (χ4v) is 3.83. The summed E-state index contributed by atoms with van der Waals surface area (Å²) in [5, 5.41) is 15.9. The van der Waals surface area contributed by atoms with Gasteiger partial charge in [0.15, 0.2) is 6.10 Å². The molecule has 3 aliphatic heterocycles. The van der Waals surface area contributed by atoms with Gasteiger partial charge in [0.25, 0.3) is 5.09 Å². The molecule has 0 aromatic carbocycles. The highest BCUT2D eigenvalue weighted by Crippen LogP contribution is 2.29. The van der Waals surface area contributed by atoms with Gasteiger partial charge in [0, 0.05) is 5.75 Å². The van der Waals surface area contributed by atoms with Crippen LogP contribution >= 0.6 is 11.8 Å². The van der Waals surface area contributed by atoms with Gasteiger partial charge in [-0.05, 0) is 6.92 Å². The van der Waals surface area contributed by atoms with E-state index in [0.29, 0.717) is 0 Å². The third kappa shape index (κ3) is 3.07. The van der Waals surface area contributed by atoms with Crippen LogP contribution in [0.25, 0.3) is 0 Å². The lowest BCUT2D eigenvalue weighted by Crippen LogP contribution is -2.51. The smallest absolute Gasteiger partial charge is 0.294 e. The van der Waals surface area contributed by atoms with E-state index < -0.39 is 23.4 Å². The number of amides is 1. The van der Waals surface area contributed by atoms with Crippen molar-refractivity contribution < 1.29 is 24.2 Å². The fourth-order valence-electron chi connectivity index (χ4n) is 2.84. The van der Waals surface area contributed by atoms with Crippen molar-refractivity contribution in [1.82, 2.24) is 10.6 Å². The van der Waals surface area contributed by atoms with Gasteiger partial charge in [0.2, 0.25) is 5.91 Å². The molecule has 21 heavy (non-hydrogen) atoms. The molecule has 0 aliphatic carbocycles. The van der Waals surface area contributed by atoms with Gasteiger partial charge in [0.05, 0.1) is 30.7 Å². The maximum Gasteiger partial charge on any atom is 0.294 e. The summed E-state index contributed by atoms with van der Waals surface area (Å²) < 4.78 is 11.0. The Morgan fingerprint density at radius 1 is 1.43 bits per heavy atom. The number of nitrogens with zero attached hydrogens (tertiary/aromatic N) is 1. The molecule has 0 aromatic heterocycles. The number of hydrogen-bond acceptors (Lipinski definition) is 8. The third-order valence-electron chi connectivity index (χ3n) is 3.82. The fraction of sp³-hybridized carbons (Fsp3) is 0.909.